The second-order valence-electron chi connectivity index (χ2n) is 29.5. The van der Waals surface area contributed by atoms with Crippen LogP contribution in [0, 0.1) is 0 Å². The zero-order valence-corrected chi connectivity index (χ0v) is 63.8. The van der Waals surface area contributed by atoms with Crippen molar-refractivity contribution < 1.29 is 0 Å². The van der Waals surface area contributed by atoms with E-state index in [0.29, 0.717) is 0 Å². The predicted molar refractivity (Wildman–Crippen MR) is 492 cm³/mol. The molecule has 0 saturated carbocycles. The lowest BCUT2D eigenvalue weighted by Gasteiger charge is -2.26. The van der Waals surface area contributed by atoms with Gasteiger partial charge in [0.1, 0.15) is 0 Å². The van der Waals surface area contributed by atoms with Crippen LogP contribution in [0.3, 0.4) is 0 Å². The number of hydrogen-bond acceptors (Lipinski definition) is 2. The van der Waals surface area contributed by atoms with E-state index >= 15 is 0 Å². The average Bonchev–Trinajstić information content (AvgIpc) is 1.58. The summed E-state index contributed by atoms with van der Waals surface area (Å²) in [6.07, 6.45) is 0. The second-order valence-corrected chi connectivity index (χ2v) is 29.5. The summed E-state index contributed by atoms with van der Waals surface area (Å²) in [6, 6.07) is 171. The Hall–Kier alpha value is -15.4. The van der Waals surface area contributed by atoms with Crippen LogP contribution >= 0.6 is 0 Å². The Labute approximate surface area is 676 Å². The van der Waals surface area contributed by atoms with Gasteiger partial charge in [-0.15, -0.1) is 0 Å². The highest BCUT2D eigenvalue weighted by Crippen LogP contribution is 2.45. The number of para-hydroxylation sites is 4. The highest BCUT2D eigenvalue weighted by molar-refractivity contribution is 6.13. The van der Waals surface area contributed by atoms with Gasteiger partial charge in [0.15, 0.2) is 0 Å². The molecule has 0 amide bonds. The standard InChI is InChI=1S/C58H40N2.C54H38N2/c1-4-14-41(15-5-1)43-24-31-48(32-25-43)59(47-18-8-3-9-19-47)49-35-28-45(29-36-49)51-37-38-52(54-21-11-10-20-53(51)54)46-30-39-58-56(40-46)55-22-12-13-23-57(55)60(58)50-33-26-44(27-34-50)42-16-6-2-7-17-42;1-4-13-39(14-5-1)41-27-32-48(33-28-41)55(47-18-8-3-9-19-47)50-20-12-17-45(37-50)43-23-25-44(26-24-43)46-31-36-54-52(38-46)51-21-10-11-22-53(51)56(54)49-34-29-42(30-35-49)40-15-6-2-7-16-40/h1-40H;1-38H. The van der Waals surface area contributed by atoms with E-state index in [1.54, 1.807) is 0 Å². The fraction of sp³-hybridized carbons (Fsp3) is 0. The second kappa shape index (κ2) is 31.1. The third-order valence-electron chi connectivity index (χ3n) is 22.6. The highest BCUT2D eigenvalue weighted by atomic mass is 15.1. The minimum Gasteiger partial charge on any atom is -0.311 e. The van der Waals surface area contributed by atoms with Crippen LogP contribution in [-0.2, 0) is 0 Å². The van der Waals surface area contributed by atoms with Crippen LogP contribution in [0.2, 0.25) is 0 Å². The molecule has 0 atom stereocenters. The molecule has 0 fully saturated rings. The van der Waals surface area contributed by atoms with Gasteiger partial charge in [-0.2, -0.15) is 0 Å². The van der Waals surface area contributed by atoms with E-state index in [1.165, 1.54) is 143 Å². The van der Waals surface area contributed by atoms with Gasteiger partial charge in [-0.3, -0.25) is 0 Å². The van der Waals surface area contributed by atoms with E-state index in [-0.39, 0.29) is 0 Å². The number of nitrogens with zero attached hydrogens (tertiary/aromatic N) is 4. The predicted octanol–water partition coefficient (Wildman–Crippen LogP) is 31.0. The molecule has 0 aliphatic carbocycles. The molecular formula is C112H78N4. The first-order valence-corrected chi connectivity index (χ1v) is 39.8. The summed E-state index contributed by atoms with van der Waals surface area (Å²) in [4.78, 5) is 4.66. The van der Waals surface area contributed by atoms with Crippen LogP contribution in [0.15, 0.2) is 473 Å². The van der Waals surface area contributed by atoms with Gasteiger partial charge in [0.05, 0.1) is 22.1 Å². The Kier molecular flexibility index (Phi) is 18.7. The quantitative estimate of drug-likeness (QED) is 0.0959. The van der Waals surface area contributed by atoms with Gasteiger partial charge < -0.3 is 18.9 Å². The van der Waals surface area contributed by atoms with E-state index in [2.05, 4.69) is 492 Å². The van der Waals surface area contributed by atoms with Crippen LogP contribution in [-0.4, -0.2) is 9.13 Å². The lowest BCUT2D eigenvalue weighted by Crippen LogP contribution is -2.09. The number of rotatable bonds is 16. The molecule has 0 radical (unpaired) electrons. The molecule has 0 bridgehead atoms. The lowest BCUT2D eigenvalue weighted by atomic mass is 9.91. The maximum atomic E-state index is 2.40. The fourth-order valence-corrected chi connectivity index (χ4v) is 16.9. The molecule has 0 aliphatic rings. The van der Waals surface area contributed by atoms with Crippen molar-refractivity contribution in [2.24, 2.45) is 0 Å². The molecule has 116 heavy (non-hydrogen) atoms. The molecule has 0 saturated heterocycles. The summed E-state index contributed by atoms with van der Waals surface area (Å²) in [7, 11) is 0. The molecule has 19 aromatic carbocycles. The average molecular weight is 1480 g/mol. The normalized spacial score (nSPS) is 11.3. The number of aromatic nitrogens is 2. The molecule has 0 unspecified atom stereocenters. The van der Waals surface area contributed by atoms with Crippen LogP contribution < -0.4 is 9.80 Å². The van der Waals surface area contributed by atoms with E-state index in [9.17, 15) is 0 Å². The summed E-state index contributed by atoms with van der Waals surface area (Å²) in [5, 5.41) is 7.47. The summed E-state index contributed by atoms with van der Waals surface area (Å²) in [5.41, 5.74) is 33.1. The van der Waals surface area contributed by atoms with Gasteiger partial charge in [-0.05, 0) is 233 Å². The van der Waals surface area contributed by atoms with Gasteiger partial charge in [-0.1, -0.05) is 340 Å². The summed E-state index contributed by atoms with van der Waals surface area (Å²) in [5.74, 6) is 0. The van der Waals surface area contributed by atoms with Gasteiger partial charge >= 0.3 is 0 Å². The first kappa shape index (κ1) is 69.8. The first-order valence-electron chi connectivity index (χ1n) is 39.8. The molecule has 0 N–H and O–H groups in total. The van der Waals surface area contributed by atoms with Crippen LogP contribution in [0.1, 0.15) is 0 Å². The summed E-state index contributed by atoms with van der Waals surface area (Å²) >= 11 is 0. The molecular weight excluding hydrogens is 1400 g/mol. The van der Waals surface area contributed by atoms with Gasteiger partial charge in [0, 0.05) is 67.0 Å². The van der Waals surface area contributed by atoms with Crippen molar-refractivity contribution >= 4 is 88.5 Å². The fourth-order valence-electron chi connectivity index (χ4n) is 16.9. The van der Waals surface area contributed by atoms with Gasteiger partial charge in [-0.25, -0.2) is 0 Å². The number of benzene rings is 19. The monoisotopic (exact) mass is 1480 g/mol. The lowest BCUT2D eigenvalue weighted by molar-refractivity contribution is 1.18. The van der Waals surface area contributed by atoms with E-state index in [0.717, 1.165) is 45.5 Å². The van der Waals surface area contributed by atoms with Crippen molar-refractivity contribution in [1.82, 2.24) is 9.13 Å². The third kappa shape index (κ3) is 13.6. The van der Waals surface area contributed by atoms with Crippen LogP contribution in [0.5, 0.6) is 0 Å². The zero-order chi connectivity index (χ0) is 77.1. The Morgan fingerprint density at radius 1 is 0.129 bits per heavy atom. The SMILES string of the molecule is c1ccc(-c2ccc(N(c3ccccc3)c3ccc(-c4ccc(-c5ccc6c(c5)c5ccccc5n6-c5ccc(-c6ccccc6)cc5)c5ccccc45)cc3)cc2)cc1.c1ccc(-c2ccc(N(c3ccccc3)c3cccc(-c4ccc(-c5ccc6c(c5)c5ccccc5n6-c5ccc(-c6ccccc6)cc5)cc4)c3)cc2)cc1. The molecule has 546 valence electrons. The smallest absolute Gasteiger partial charge is 0.0541 e. The number of anilines is 6. The minimum atomic E-state index is 1.11. The highest BCUT2D eigenvalue weighted by Gasteiger charge is 2.21. The Bertz CT molecular complexity index is 7030. The first-order chi connectivity index (χ1) is 57.5. The van der Waals surface area contributed by atoms with Crippen molar-refractivity contribution in [1.29, 1.82) is 0 Å². The Balaban J connectivity index is 0.000000150. The molecule has 0 aliphatic heterocycles. The molecule has 0 spiro atoms. The van der Waals surface area contributed by atoms with Crippen LogP contribution in [0.25, 0.3) is 155 Å². The van der Waals surface area contributed by atoms with E-state index < -0.39 is 0 Å². The summed E-state index contributed by atoms with van der Waals surface area (Å²) < 4.78 is 4.78. The minimum absolute atomic E-state index is 1.11. The molecule has 21 rings (SSSR count). The van der Waals surface area contributed by atoms with Crippen LogP contribution in [0.4, 0.5) is 34.1 Å². The molecule has 4 nitrogen and oxygen atoms in total. The summed E-state index contributed by atoms with van der Waals surface area (Å²) in [6.45, 7) is 0. The molecule has 2 aromatic heterocycles. The Morgan fingerprint density at radius 3 is 0.776 bits per heavy atom. The van der Waals surface area contributed by atoms with Gasteiger partial charge in [0.25, 0.3) is 0 Å². The van der Waals surface area contributed by atoms with E-state index in [4.69, 9.17) is 0 Å². The largest absolute Gasteiger partial charge is 0.311 e. The topological polar surface area (TPSA) is 16.3 Å². The zero-order valence-electron chi connectivity index (χ0n) is 63.8. The van der Waals surface area contributed by atoms with Crippen molar-refractivity contribution in [3.8, 4) is 100 Å². The van der Waals surface area contributed by atoms with Crippen molar-refractivity contribution in [2.75, 3.05) is 9.80 Å². The molecule has 2 heterocycles. The maximum Gasteiger partial charge on any atom is 0.0541 e. The van der Waals surface area contributed by atoms with Crippen molar-refractivity contribution in [3.05, 3.63) is 473 Å². The number of fused-ring (bicyclic) bond motifs is 7. The number of hydrogen-bond donors (Lipinski definition) is 0. The third-order valence-corrected chi connectivity index (χ3v) is 22.6. The van der Waals surface area contributed by atoms with Gasteiger partial charge in [0.2, 0.25) is 0 Å². The van der Waals surface area contributed by atoms with Crippen molar-refractivity contribution in [2.45, 2.75) is 0 Å². The van der Waals surface area contributed by atoms with E-state index in [1.807, 2.05) is 0 Å². The molecule has 4 heteroatoms. The Morgan fingerprint density at radius 2 is 0.371 bits per heavy atom. The van der Waals surface area contributed by atoms with Crippen molar-refractivity contribution in [3.63, 3.8) is 0 Å². The molecule has 21 aromatic rings. The maximum absolute atomic E-state index is 2.40.